The molecule has 2 aromatic rings. The summed E-state index contributed by atoms with van der Waals surface area (Å²) in [6, 6.07) is 7.37. The number of benzene rings is 1. The Morgan fingerprint density at radius 2 is 1.96 bits per heavy atom. The molecule has 0 bridgehead atoms. The minimum absolute atomic E-state index is 0.101. The molecule has 1 unspecified atom stereocenters. The molecule has 6 heteroatoms. The van der Waals surface area contributed by atoms with E-state index in [1.165, 1.54) is 0 Å². The van der Waals surface area contributed by atoms with Crippen molar-refractivity contribution in [1.29, 1.82) is 0 Å². The largest absolute Gasteiger partial charge is 0.308 e. The number of aryl methyl sites for hydroxylation is 1. The third-order valence-corrected chi connectivity index (χ3v) is 4.21. The maximum absolute atomic E-state index is 12.8. The lowest BCUT2D eigenvalue weighted by atomic mass is 9.89. The number of rotatable bonds is 7. The molecule has 122 valence electrons. The Kier molecular flexibility index (Phi) is 5.77. The molecule has 0 N–H and O–H groups in total. The van der Waals surface area contributed by atoms with E-state index in [1.54, 1.807) is 11.6 Å². The summed E-state index contributed by atoms with van der Waals surface area (Å²) in [6.07, 6.45) is 3.35. The van der Waals surface area contributed by atoms with Gasteiger partial charge in [-0.2, -0.15) is 0 Å². The van der Waals surface area contributed by atoms with E-state index in [0.717, 1.165) is 36.7 Å². The molecule has 0 aliphatic rings. The summed E-state index contributed by atoms with van der Waals surface area (Å²) in [7, 11) is 1.77. The Balaban J connectivity index is 2.63. The van der Waals surface area contributed by atoms with Crippen molar-refractivity contribution in [3.05, 3.63) is 50.8 Å². The second kappa shape index (κ2) is 7.79. The second-order valence-electron chi connectivity index (χ2n) is 5.81. The van der Waals surface area contributed by atoms with Crippen LogP contribution in [-0.4, -0.2) is 15.6 Å². The van der Waals surface area contributed by atoms with Crippen LogP contribution in [-0.2, 0) is 7.05 Å². The van der Waals surface area contributed by atoms with Gasteiger partial charge in [-0.25, -0.2) is 4.98 Å². The van der Waals surface area contributed by atoms with Crippen LogP contribution in [0.25, 0.3) is 21.5 Å². The predicted octanol–water partition coefficient (Wildman–Crippen LogP) is 4.30. The second-order valence-corrected chi connectivity index (χ2v) is 5.81. The molecular formula is C17H23N5O. The van der Waals surface area contributed by atoms with Crippen molar-refractivity contribution in [1.82, 2.24) is 9.55 Å². The molecule has 1 heterocycles. The van der Waals surface area contributed by atoms with Gasteiger partial charge < -0.3 is 4.57 Å². The van der Waals surface area contributed by atoms with Crippen LogP contribution in [0.5, 0.6) is 0 Å². The molecule has 1 aromatic carbocycles. The van der Waals surface area contributed by atoms with Gasteiger partial charge in [-0.05, 0) is 30.5 Å². The summed E-state index contributed by atoms with van der Waals surface area (Å²) in [5, 5.41) is 3.95. The minimum Gasteiger partial charge on any atom is -0.308 e. The van der Waals surface area contributed by atoms with Crippen LogP contribution in [0.1, 0.15) is 51.1 Å². The maximum atomic E-state index is 12.8. The number of aromatic nitrogens is 2. The molecule has 0 radical (unpaired) electrons. The molecule has 0 spiro atoms. The van der Waals surface area contributed by atoms with Gasteiger partial charge in [0.25, 0.3) is 5.56 Å². The maximum Gasteiger partial charge on any atom is 0.272 e. The molecule has 0 fully saturated rings. The van der Waals surface area contributed by atoms with Crippen molar-refractivity contribution >= 4 is 11.0 Å². The highest BCUT2D eigenvalue weighted by Crippen LogP contribution is 2.28. The predicted molar refractivity (Wildman–Crippen MR) is 92.5 cm³/mol. The lowest BCUT2D eigenvalue weighted by molar-refractivity contribution is 0.451. The Bertz CT molecular complexity index is 776. The highest BCUT2D eigenvalue weighted by atomic mass is 16.1. The van der Waals surface area contributed by atoms with Gasteiger partial charge in [0.15, 0.2) is 0 Å². The number of nitrogens with zero attached hydrogens (tertiary/aromatic N) is 5. The van der Waals surface area contributed by atoms with Crippen LogP contribution < -0.4 is 5.56 Å². The summed E-state index contributed by atoms with van der Waals surface area (Å²) in [5.41, 5.74) is 10.9. The van der Waals surface area contributed by atoms with Gasteiger partial charge in [-0.1, -0.05) is 43.9 Å². The Labute approximate surface area is 135 Å². The van der Waals surface area contributed by atoms with E-state index in [0.29, 0.717) is 5.69 Å². The normalized spacial score (nSPS) is 13.5. The van der Waals surface area contributed by atoms with Gasteiger partial charge in [0.1, 0.15) is 5.69 Å². The Hall–Kier alpha value is -2.33. The summed E-state index contributed by atoms with van der Waals surface area (Å²) in [6.45, 7) is 4.12. The molecule has 0 saturated carbocycles. The summed E-state index contributed by atoms with van der Waals surface area (Å²) >= 11 is 0. The first-order chi connectivity index (χ1) is 11.1. The average Bonchev–Trinajstić information content (AvgIpc) is 2.56. The van der Waals surface area contributed by atoms with Gasteiger partial charge >= 0.3 is 0 Å². The van der Waals surface area contributed by atoms with Gasteiger partial charge in [0.05, 0.1) is 11.0 Å². The fourth-order valence-electron chi connectivity index (χ4n) is 3.07. The van der Waals surface area contributed by atoms with E-state index < -0.39 is 0 Å². The first-order valence-corrected chi connectivity index (χ1v) is 8.13. The van der Waals surface area contributed by atoms with Crippen molar-refractivity contribution in [2.45, 2.75) is 51.5 Å². The van der Waals surface area contributed by atoms with Crippen LogP contribution in [0.2, 0.25) is 0 Å². The third kappa shape index (κ3) is 3.54. The van der Waals surface area contributed by atoms with E-state index in [9.17, 15) is 4.79 Å². The molecular weight excluding hydrogens is 290 g/mol. The number of hydrogen-bond acceptors (Lipinski definition) is 3. The van der Waals surface area contributed by atoms with Gasteiger partial charge in [0.2, 0.25) is 0 Å². The molecule has 0 saturated heterocycles. The van der Waals surface area contributed by atoms with E-state index in [-0.39, 0.29) is 17.5 Å². The summed E-state index contributed by atoms with van der Waals surface area (Å²) in [5.74, 6) is -0.140. The highest BCUT2D eigenvalue weighted by Gasteiger charge is 2.26. The van der Waals surface area contributed by atoms with E-state index in [2.05, 4.69) is 28.9 Å². The van der Waals surface area contributed by atoms with Crippen molar-refractivity contribution in [2.75, 3.05) is 0 Å². The zero-order valence-electron chi connectivity index (χ0n) is 13.9. The lowest BCUT2D eigenvalue weighted by Crippen LogP contribution is -2.30. The van der Waals surface area contributed by atoms with Crippen LogP contribution >= 0.6 is 0 Å². The highest BCUT2D eigenvalue weighted by molar-refractivity contribution is 5.74. The van der Waals surface area contributed by atoms with Crippen molar-refractivity contribution < 1.29 is 0 Å². The molecule has 0 aliphatic heterocycles. The monoisotopic (exact) mass is 313 g/mol. The Morgan fingerprint density at radius 3 is 2.61 bits per heavy atom. The molecule has 2 atom stereocenters. The summed E-state index contributed by atoms with van der Waals surface area (Å²) in [4.78, 5) is 20.4. The number of azide groups is 1. The fourth-order valence-corrected chi connectivity index (χ4v) is 3.07. The van der Waals surface area contributed by atoms with Crippen molar-refractivity contribution in [3.63, 3.8) is 0 Å². The zero-order chi connectivity index (χ0) is 16.8. The van der Waals surface area contributed by atoms with Crippen molar-refractivity contribution in [2.24, 2.45) is 12.2 Å². The first-order valence-electron chi connectivity index (χ1n) is 8.13. The molecule has 0 amide bonds. The van der Waals surface area contributed by atoms with E-state index >= 15 is 0 Å². The molecule has 23 heavy (non-hydrogen) atoms. The SMILES string of the molecule is CCCC(c1nc2ccccc2n(C)c1=O)[C@@H](CCC)N=[N+]=[N-]. The number of fused-ring (bicyclic) bond motifs is 1. The van der Waals surface area contributed by atoms with E-state index in [4.69, 9.17) is 5.53 Å². The molecule has 2 rings (SSSR count). The number of hydrogen-bond donors (Lipinski definition) is 0. The smallest absolute Gasteiger partial charge is 0.272 e. The quantitative estimate of drug-likeness (QED) is 0.434. The van der Waals surface area contributed by atoms with Gasteiger partial charge in [-0.3, -0.25) is 4.79 Å². The summed E-state index contributed by atoms with van der Waals surface area (Å²) < 4.78 is 1.64. The van der Waals surface area contributed by atoms with Crippen LogP contribution in [0, 0.1) is 0 Å². The van der Waals surface area contributed by atoms with Crippen LogP contribution in [0.15, 0.2) is 34.2 Å². The Morgan fingerprint density at radius 1 is 1.26 bits per heavy atom. The molecule has 1 aromatic heterocycles. The third-order valence-electron chi connectivity index (χ3n) is 4.21. The first kappa shape index (κ1) is 17.0. The zero-order valence-corrected chi connectivity index (χ0v) is 13.9. The topological polar surface area (TPSA) is 83.7 Å². The fraction of sp³-hybridized carbons (Fsp3) is 0.529. The molecule has 6 nitrogen and oxygen atoms in total. The lowest BCUT2D eigenvalue weighted by Gasteiger charge is -2.22. The van der Waals surface area contributed by atoms with E-state index in [1.807, 2.05) is 24.3 Å². The van der Waals surface area contributed by atoms with Gasteiger partial charge in [0, 0.05) is 23.9 Å². The van der Waals surface area contributed by atoms with Crippen molar-refractivity contribution in [3.8, 4) is 0 Å². The molecule has 0 aliphatic carbocycles. The van der Waals surface area contributed by atoms with Crippen LogP contribution in [0.3, 0.4) is 0 Å². The van der Waals surface area contributed by atoms with Crippen LogP contribution in [0.4, 0.5) is 0 Å². The minimum atomic E-state index is -0.230. The average molecular weight is 313 g/mol. The number of para-hydroxylation sites is 2. The standard InChI is InChI=1S/C17H23N5O/c1-4-8-12(13(9-5-2)20-21-18)16-17(23)22(3)15-11-7-6-10-14(15)19-16/h6-7,10-13H,4-5,8-9H2,1-3H3/t12?,13-/m1/s1. The van der Waals surface area contributed by atoms with Gasteiger partial charge in [-0.15, -0.1) is 0 Å².